The normalized spacial score (nSPS) is 15.5. The molecule has 0 spiro atoms. The maximum atomic E-state index is 13.3. The van der Waals surface area contributed by atoms with Gasteiger partial charge in [-0.15, -0.1) is 0 Å². The minimum atomic E-state index is -0.431. The number of carbonyl (C=O) groups is 1. The van der Waals surface area contributed by atoms with Crippen LogP contribution >= 0.6 is 27.7 Å². The third kappa shape index (κ3) is 6.81. The first-order chi connectivity index (χ1) is 18.2. The summed E-state index contributed by atoms with van der Waals surface area (Å²) in [4.78, 5) is 30.9. The fourth-order valence-corrected chi connectivity index (χ4v) is 5.20. The van der Waals surface area contributed by atoms with E-state index in [0.29, 0.717) is 32.4 Å². The Morgan fingerprint density at radius 2 is 1.89 bits per heavy atom. The molecule has 1 amide bonds. The standard InChI is InChI=1S/C28H26BrN3O5S/c1-18(2)16-31-27(33)26(38-28(31)30-21-8-10-23(36-3)11-9-21)15-19-7-12-25(24(29)14-19)37-17-20-5-4-6-22(13-20)32(34)35/h4-15,18H,16-17H2,1-3H3/b26-15-,30-28?. The van der Waals surface area contributed by atoms with Gasteiger partial charge in [0, 0.05) is 18.7 Å². The van der Waals surface area contributed by atoms with Gasteiger partial charge in [-0.3, -0.25) is 19.8 Å². The topological polar surface area (TPSA) is 94.3 Å². The predicted molar refractivity (Wildman–Crippen MR) is 154 cm³/mol. The van der Waals surface area contributed by atoms with E-state index < -0.39 is 4.92 Å². The molecule has 0 atom stereocenters. The largest absolute Gasteiger partial charge is 0.497 e. The molecule has 8 nitrogen and oxygen atoms in total. The number of nitro benzene ring substituents is 1. The van der Waals surface area contributed by atoms with Gasteiger partial charge in [0.2, 0.25) is 0 Å². The van der Waals surface area contributed by atoms with Crippen LogP contribution in [0, 0.1) is 16.0 Å². The highest BCUT2D eigenvalue weighted by atomic mass is 79.9. The summed E-state index contributed by atoms with van der Waals surface area (Å²) in [6.07, 6.45) is 1.84. The van der Waals surface area contributed by atoms with Crippen molar-refractivity contribution in [3.8, 4) is 11.5 Å². The van der Waals surface area contributed by atoms with Crippen LogP contribution in [-0.4, -0.2) is 34.6 Å². The molecule has 1 aliphatic rings. The Hall–Kier alpha value is -3.63. The maximum Gasteiger partial charge on any atom is 0.269 e. The van der Waals surface area contributed by atoms with Crippen molar-refractivity contribution in [1.82, 2.24) is 4.90 Å². The molecular formula is C28H26BrN3O5S. The number of nitrogens with zero attached hydrogens (tertiary/aromatic N) is 3. The lowest BCUT2D eigenvalue weighted by atomic mass is 10.2. The molecule has 1 heterocycles. The van der Waals surface area contributed by atoms with E-state index in [1.807, 2.05) is 42.5 Å². The number of methoxy groups -OCH3 is 1. The number of amides is 1. The molecule has 0 radical (unpaired) electrons. The molecule has 0 unspecified atom stereocenters. The number of hydrogen-bond acceptors (Lipinski definition) is 7. The molecule has 0 aliphatic carbocycles. The summed E-state index contributed by atoms with van der Waals surface area (Å²) in [5.41, 5.74) is 2.28. The second-order valence-electron chi connectivity index (χ2n) is 8.92. The third-order valence-electron chi connectivity index (χ3n) is 5.50. The van der Waals surface area contributed by atoms with E-state index in [1.54, 1.807) is 30.2 Å². The molecule has 0 aromatic heterocycles. The lowest BCUT2D eigenvalue weighted by Gasteiger charge is -2.17. The molecule has 0 bridgehead atoms. The zero-order chi connectivity index (χ0) is 27.2. The van der Waals surface area contributed by atoms with Crippen molar-refractivity contribution < 1.29 is 19.2 Å². The molecule has 3 aromatic carbocycles. The van der Waals surface area contributed by atoms with Crippen molar-refractivity contribution in [2.45, 2.75) is 20.5 Å². The van der Waals surface area contributed by atoms with Gasteiger partial charge in [0.15, 0.2) is 5.17 Å². The summed E-state index contributed by atoms with van der Waals surface area (Å²) in [5, 5.41) is 11.6. The number of ether oxygens (including phenoxy) is 2. The maximum absolute atomic E-state index is 13.3. The molecular weight excluding hydrogens is 570 g/mol. The average molecular weight is 597 g/mol. The van der Waals surface area contributed by atoms with Crippen molar-refractivity contribution in [2.75, 3.05) is 13.7 Å². The molecule has 0 saturated carbocycles. The Morgan fingerprint density at radius 1 is 1.13 bits per heavy atom. The Labute approximate surface area is 233 Å². The van der Waals surface area contributed by atoms with Crippen LogP contribution in [-0.2, 0) is 11.4 Å². The van der Waals surface area contributed by atoms with Crippen molar-refractivity contribution in [1.29, 1.82) is 0 Å². The molecule has 10 heteroatoms. The van der Waals surface area contributed by atoms with Gasteiger partial charge in [-0.05, 0) is 87.2 Å². The van der Waals surface area contributed by atoms with Crippen molar-refractivity contribution in [3.05, 3.63) is 97.3 Å². The summed E-state index contributed by atoms with van der Waals surface area (Å²) in [5.74, 6) is 1.52. The van der Waals surface area contributed by atoms with Gasteiger partial charge in [0.25, 0.3) is 11.6 Å². The molecule has 0 N–H and O–H groups in total. The Balaban J connectivity index is 1.52. The number of thioether (sulfide) groups is 1. The van der Waals surface area contributed by atoms with Crippen LogP contribution in [0.1, 0.15) is 25.0 Å². The minimum Gasteiger partial charge on any atom is -0.497 e. The Kier molecular flexibility index (Phi) is 8.85. The zero-order valence-electron chi connectivity index (χ0n) is 21.1. The third-order valence-corrected chi connectivity index (χ3v) is 7.13. The highest BCUT2D eigenvalue weighted by molar-refractivity contribution is 9.10. The summed E-state index contributed by atoms with van der Waals surface area (Å²) >= 11 is 4.88. The number of amidine groups is 1. The van der Waals surface area contributed by atoms with Gasteiger partial charge in [-0.2, -0.15) is 0 Å². The number of hydrogen-bond donors (Lipinski definition) is 0. The number of rotatable bonds is 9. The first-order valence-electron chi connectivity index (χ1n) is 11.8. The van der Waals surface area contributed by atoms with E-state index in [1.165, 1.54) is 23.9 Å². The number of halogens is 1. The molecule has 4 rings (SSSR count). The zero-order valence-corrected chi connectivity index (χ0v) is 23.5. The lowest BCUT2D eigenvalue weighted by molar-refractivity contribution is -0.384. The highest BCUT2D eigenvalue weighted by Gasteiger charge is 2.33. The molecule has 3 aromatic rings. The summed E-state index contributed by atoms with van der Waals surface area (Å²) < 4.78 is 11.8. The lowest BCUT2D eigenvalue weighted by Crippen LogP contribution is -2.32. The van der Waals surface area contributed by atoms with Gasteiger partial charge >= 0.3 is 0 Å². The van der Waals surface area contributed by atoms with Crippen LogP contribution in [0.4, 0.5) is 11.4 Å². The van der Waals surface area contributed by atoms with Gasteiger partial charge < -0.3 is 9.47 Å². The number of aliphatic imine (C=N–C) groups is 1. The van der Waals surface area contributed by atoms with Crippen LogP contribution in [0.3, 0.4) is 0 Å². The van der Waals surface area contributed by atoms with E-state index >= 15 is 0 Å². The number of nitro groups is 1. The summed E-state index contributed by atoms with van der Waals surface area (Å²) in [6.45, 7) is 4.87. The Morgan fingerprint density at radius 3 is 2.55 bits per heavy atom. The molecule has 1 aliphatic heterocycles. The van der Waals surface area contributed by atoms with E-state index in [-0.39, 0.29) is 24.1 Å². The van der Waals surface area contributed by atoms with Crippen molar-refractivity contribution in [2.24, 2.45) is 10.9 Å². The number of carbonyl (C=O) groups excluding carboxylic acids is 1. The first-order valence-corrected chi connectivity index (χ1v) is 13.4. The number of benzene rings is 3. The quantitative estimate of drug-likeness (QED) is 0.147. The predicted octanol–water partition coefficient (Wildman–Crippen LogP) is 7.20. The van der Waals surface area contributed by atoms with E-state index in [9.17, 15) is 14.9 Å². The summed E-state index contributed by atoms with van der Waals surface area (Å²) in [7, 11) is 1.61. The summed E-state index contributed by atoms with van der Waals surface area (Å²) in [6, 6.07) is 19.3. The van der Waals surface area contributed by atoms with Crippen LogP contribution in [0.15, 0.2) is 81.1 Å². The van der Waals surface area contributed by atoms with Crippen LogP contribution in [0.5, 0.6) is 11.5 Å². The molecule has 196 valence electrons. The van der Waals surface area contributed by atoms with E-state index in [4.69, 9.17) is 14.5 Å². The van der Waals surface area contributed by atoms with Gasteiger partial charge in [0.1, 0.15) is 18.1 Å². The second kappa shape index (κ2) is 12.3. The van der Waals surface area contributed by atoms with E-state index in [2.05, 4.69) is 29.8 Å². The molecule has 1 fully saturated rings. The van der Waals surface area contributed by atoms with Gasteiger partial charge in [-0.25, -0.2) is 4.99 Å². The smallest absolute Gasteiger partial charge is 0.269 e. The monoisotopic (exact) mass is 595 g/mol. The van der Waals surface area contributed by atoms with Crippen LogP contribution in [0.2, 0.25) is 0 Å². The van der Waals surface area contributed by atoms with Crippen molar-refractivity contribution in [3.63, 3.8) is 0 Å². The Bertz CT molecular complexity index is 1410. The van der Waals surface area contributed by atoms with Crippen LogP contribution < -0.4 is 9.47 Å². The van der Waals surface area contributed by atoms with Crippen molar-refractivity contribution >= 4 is 56.2 Å². The van der Waals surface area contributed by atoms with E-state index in [0.717, 1.165) is 17.0 Å². The SMILES string of the molecule is COc1ccc(N=C2S/C(=C\c3ccc(OCc4cccc([N+](=O)[O-])c4)c(Br)c3)C(=O)N2CC(C)C)cc1. The molecule has 1 saturated heterocycles. The fourth-order valence-electron chi connectivity index (χ4n) is 3.68. The second-order valence-corrected chi connectivity index (χ2v) is 10.8. The average Bonchev–Trinajstić information content (AvgIpc) is 3.17. The van der Waals surface area contributed by atoms with Crippen LogP contribution in [0.25, 0.3) is 6.08 Å². The van der Waals surface area contributed by atoms with Gasteiger partial charge in [-0.1, -0.05) is 32.0 Å². The molecule has 38 heavy (non-hydrogen) atoms. The first kappa shape index (κ1) is 27.4. The minimum absolute atomic E-state index is 0.0206. The highest BCUT2D eigenvalue weighted by Crippen LogP contribution is 2.36. The van der Waals surface area contributed by atoms with Gasteiger partial charge in [0.05, 0.1) is 27.1 Å². The fraction of sp³-hybridized carbons (Fsp3) is 0.214. The number of non-ortho nitro benzene ring substituents is 1.